The Hall–Kier alpha value is -4.93. The number of rotatable bonds is 8. The first-order valence-electron chi connectivity index (χ1n) is 13.5. The second-order valence-electron chi connectivity index (χ2n) is 10.4. The Balaban J connectivity index is 1.33. The normalized spacial score (nSPS) is 20.5. The summed E-state index contributed by atoms with van der Waals surface area (Å²) < 4.78 is 33.6. The maximum absolute atomic E-state index is 13.0. The van der Waals surface area contributed by atoms with Crippen molar-refractivity contribution in [2.45, 2.75) is 24.8 Å². The van der Waals surface area contributed by atoms with Crippen LogP contribution in [0.5, 0.6) is 28.7 Å². The molecule has 2 heterocycles. The van der Waals surface area contributed by atoms with Crippen LogP contribution in [-0.2, 0) is 27.2 Å². The number of methoxy groups -OCH3 is 2. The molecular formula is C31H30N2O9. The third-order valence-corrected chi connectivity index (χ3v) is 7.99. The van der Waals surface area contributed by atoms with Gasteiger partial charge in [-0.25, -0.2) is 4.79 Å². The summed E-state index contributed by atoms with van der Waals surface area (Å²) >= 11 is 0. The minimum absolute atomic E-state index is 0.0106. The highest BCUT2D eigenvalue weighted by Gasteiger charge is 2.48. The van der Waals surface area contributed by atoms with Crippen LogP contribution in [0.2, 0.25) is 0 Å². The standard InChI is InChI=1S/C31H30N2O9/c1-37-24-11-18(26-20-13-23-22(40-15-41-23)10-17(20)9-19-14-39-30(35)27(19)26)12-25(38-2)28(24)42-31(36)33-21(29(32)34)8-16-6-4-3-5-7-16/h3-7,10-13,19,21,26-27H,8-9,14-15H2,1-2H3,(H2,32,34)(H,33,36)/t19-,21-,26+,27-/m0/s1. The smallest absolute Gasteiger partial charge is 0.413 e. The van der Waals surface area contributed by atoms with Crippen LogP contribution < -0.4 is 34.7 Å². The first kappa shape index (κ1) is 27.3. The fourth-order valence-electron chi connectivity index (χ4n) is 6.02. The zero-order valence-electron chi connectivity index (χ0n) is 23.1. The molecule has 42 heavy (non-hydrogen) atoms. The summed E-state index contributed by atoms with van der Waals surface area (Å²) in [7, 11) is 2.87. The van der Waals surface area contributed by atoms with Crippen molar-refractivity contribution < 1.29 is 42.8 Å². The number of fused-ring (bicyclic) bond motifs is 3. The van der Waals surface area contributed by atoms with E-state index in [9.17, 15) is 14.4 Å². The fraction of sp³-hybridized carbons (Fsp3) is 0.323. The molecule has 3 aliphatic rings. The van der Waals surface area contributed by atoms with Gasteiger partial charge < -0.3 is 39.5 Å². The molecule has 0 radical (unpaired) electrons. The highest BCUT2D eigenvalue weighted by atomic mass is 16.7. The molecule has 0 saturated carbocycles. The topological polar surface area (TPSA) is 145 Å². The van der Waals surface area contributed by atoms with Crippen LogP contribution in [0.25, 0.3) is 0 Å². The van der Waals surface area contributed by atoms with Gasteiger partial charge in [0.2, 0.25) is 18.4 Å². The van der Waals surface area contributed by atoms with Gasteiger partial charge in [-0.15, -0.1) is 0 Å². The summed E-state index contributed by atoms with van der Waals surface area (Å²) in [5.74, 6) is -0.150. The monoisotopic (exact) mass is 574 g/mol. The second kappa shape index (κ2) is 11.2. The third kappa shape index (κ3) is 5.02. The Morgan fingerprint density at radius 1 is 1.00 bits per heavy atom. The van der Waals surface area contributed by atoms with Crippen molar-refractivity contribution in [2.24, 2.45) is 17.6 Å². The molecule has 1 fully saturated rings. The second-order valence-corrected chi connectivity index (χ2v) is 10.4. The number of esters is 1. The van der Waals surface area contributed by atoms with Gasteiger partial charge in [-0.1, -0.05) is 30.3 Å². The maximum Gasteiger partial charge on any atom is 0.413 e. The zero-order chi connectivity index (χ0) is 29.4. The molecule has 2 aliphatic heterocycles. The van der Waals surface area contributed by atoms with Crippen molar-refractivity contribution in [2.75, 3.05) is 27.6 Å². The number of primary amides is 1. The van der Waals surface area contributed by atoms with Crippen LogP contribution in [0.4, 0.5) is 4.79 Å². The minimum atomic E-state index is -1.01. The number of ether oxygens (including phenoxy) is 6. The first-order chi connectivity index (χ1) is 20.4. The molecule has 1 aliphatic carbocycles. The van der Waals surface area contributed by atoms with E-state index in [-0.39, 0.29) is 42.3 Å². The molecule has 4 atom stereocenters. The Labute approximate surface area is 241 Å². The van der Waals surface area contributed by atoms with Gasteiger partial charge in [0.05, 0.1) is 26.7 Å². The molecule has 11 nitrogen and oxygen atoms in total. The number of nitrogens with two attached hydrogens (primary N) is 1. The number of carbonyl (C=O) groups is 3. The van der Waals surface area contributed by atoms with Gasteiger partial charge in [-0.05, 0) is 52.9 Å². The average Bonchev–Trinajstić information content (AvgIpc) is 3.60. The van der Waals surface area contributed by atoms with E-state index in [0.717, 1.165) is 16.7 Å². The van der Waals surface area contributed by atoms with E-state index in [1.165, 1.54) is 14.2 Å². The van der Waals surface area contributed by atoms with Crippen LogP contribution >= 0.6 is 0 Å². The third-order valence-electron chi connectivity index (χ3n) is 7.99. The van der Waals surface area contributed by atoms with E-state index in [1.54, 1.807) is 12.1 Å². The molecule has 6 rings (SSSR count). The van der Waals surface area contributed by atoms with E-state index >= 15 is 0 Å². The summed E-state index contributed by atoms with van der Waals surface area (Å²) in [5, 5.41) is 2.53. The molecule has 3 aromatic carbocycles. The number of cyclic esters (lactones) is 1. The van der Waals surface area contributed by atoms with Crippen molar-refractivity contribution in [3.63, 3.8) is 0 Å². The van der Waals surface area contributed by atoms with Crippen molar-refractivity contribution in [1.29, 1.82) is 0 Å². The molecule has 3 aromatic rings. The van der Waals surface area contributed by atoms with Gasteiger partial charge in [0.15, 0.2) is 23.0 Å². The maximum atomic E-state index is 13.0. The van der Waals surface area contributed by atoms with Crippen molar-refractivity contribution in [3.8, 4) is 28.7 Å². The highest BCUT2D eigenvalue weighted by molar-refractivity contribution is 5.85. The van der Waals surface area contributed by atoms with Crippen molar-refractivity contribution in [3.05, 3.63) is 76.9 Å². The van der Waals surface area contributed by atoms with Gasteiger partial charge in [0.25, 0.3) is 0 Å². The Morgan fingerprint density at radius 3 is 2.36 bits per heavy atom. The summed E-state index contributed by atoms with van der Waals surface area (Å²) in [4.78, 5) is 38.1. The first-order valence-corrected chi connectivity index (χ1v) is 13.5. The van der Waals surface area contributed by atoms with Crippen LogP contribution in [0.1, 0.15) is 28.2 Å². The Morgan fingerprint density at radius 2 is 1.69 bits per heavy atom. The molecule has 0 bridgehead atoms. The predicted molar refractivity (Wildman–Crippen MR) is 148 cm³/mol. The molecular weight excluding hydrogens is 544 g/mol. The lowest BCUT2D eigenvalue weighted by Gasteiger charge is -2.34. The van der Waals surface area contributed by atoms with Crippen LogP contribution in [-0.4, -0.2) is 51.6 Å². The van der Waals surface area contributed by atoms with Crippen LogP contribution in [0, 0.1) is 11.8 Å². The van der Waals surface area contributed by atoms with Gasteiger partial charge >= 0.3 is 12.1 Å². The SMILES string of the molecule is COc1cc([C@@H]2c3cc4c(cc3C[C@H]3COC(=O)[C@@H]32)OCO4)cc(OC)c1OC(=O)N[C@@H](Cc1ccccc1)C(N)=O. The van der Waals surface area contributed by atoms with Gasteiger partial charge in [0.1, 0.15) is 6.04 Å². The summed E-state index contributed by atoms with van der Waals surface area (Å²) in [6.07, 6.45) is -0.0518. The Bertz CT molecular complexity index is 1520. The number of carbonyl (C=O) groups excluding carboxylic acids is 3. The van der Waals surface area contributed by atoms with Crippen LogP contribution in [0.15, 0.2) is 54.6 Å². The van der Waals surface area contributed by atoms with E-state index in [2.05, 4.69) is 5.32 Å². The number of hydrogen-bond acceptors (Lipinski definition) is 9. The average molecular weight is 575 g/mol. The fourth-order valence-corrected chi connectivity index (χ4v) is 6.02. The summed E-state index contributed by atoms with van der Waals surface area (Å²) in [5.41, 5.74) is 9.04. The Kier molecular flexibility index (Phi) is 7.24. The molecule has 218 valence electrons. The largest absolute Gasteiger partial charge is 0.493 e. The van der Waals surface area contributed by atoms with Gasteiger partial charge in [-0.3, -0.25) is 9.59 Å². The van der Waals surface area contributed by atoms with Crippen LogP contribution in [0.3, 0.4) is 0 Å². The van der Waals surface area contributed by atoms with E-state index in [0.29, 0.717) is 30.1 Å². The van der Waals surface area contributed by atoms with E-state index < -0.39 is 29.9 Å². The molecule has 0 aromatic heterocycles. The lowest BCUT2D eigenvalue weighted by Crippen LogP contribution is -2.46. The lowest BCUT2D eigenvalue weighted by molar-refractivity contribution is -0.141. The number of amides is 2. The quantitative estimate of drug-likeness (QED) is 0.388. The van der Waals surface area contributed by atoms with E-state index in [4.69, 9.17) is 34.2 Å². The number of nitrogens with one attached hydrogen (secondary N) is 1. The predicted octanol–water partition coefficient (Wildman–Crippen LogP) is 3.09. The lowest BCUT2D eigenvalue weighted by atomic mass is 9.67. The number of benzene rings is 3. The zero-order valence-corrected chi connectivity index (χ0v) is 23.1. The molecule has 11 heteroatoms. The van der Waals surface area contributed by atoms with Gasteiger partial charge in [0, 0.05) is 18.3 Å². The number of hydrogen-bond donors (Lipinski definition) is 2. The molecule has 0 spiro atoms. The minimum Gasteiger partial charge on any atom is -0.493 e. The molecule has 3 N–H and O–H groups in total. The molecule has 1 saturated heterocycles. The van der Waals surface area contributed by atoms with Gasteiger partial charge in [-0.2, -0.15) is 0 Å². The van der Waals surface area contributed by atoms with Crippen molar-refractivity contribution in [1.82, 2.24) is 5.32 Å². The van der Waals surface area contributed by atoms with Crippen molar-refractivity contribution >= 4 is 18.0 Å². The summed E-state index contributed by atoms with van der Waals surface area (Å²) in [6, 6.07) is 15.5. The molecule has 0 unspecified atom stereocenters. The summed E-state index contributed by atoms with van der Waals surface area (Å²) in [6.45, 7) is 0.461. The van der Waals surface area contributed by atoms with E-state index in [1.807, 2.05) is 42.5 Å². The molecule has 2 amide bonds. The highest BCUT2D eigenvalue weighted by Crippen LogP contribution is 2.52.